The normalized spacial score (nSPS) is 22.2. The van der Waals surface area contributed by atoms with Crippen molar-refractivity contribution in [3.63, 3.8) is 0 Å². The van der Waals surface area contributed by atoms with E-state index in [0.29, 0.717) is 19.5 Å². The number of likely N-dealkylation sites (tertiary alicyclic amines) is 1. The molecular weight excluding hydrogens is 172 g/mol. The molecule has 2 N–H and O–H groups in total. The minimum absolute atomic E-state index is 0.0658. The van der Waals surface area contributed by atoms with Crippen molar-refractivity contribution in [2.24, 2.45) is 5.73 Å². The third-order valence-electron chi connectivity index (χ3n) is 2.15. The van der Waals surface area contributed by atoms with E-state index in [-0.39, 0.29) is 24.3 Å². The van der Waals surface area contributed by atoms with Crippen molar-refractivity contribution in [1.82, 2.24) is 4.90 Å². The molecule has 1 fully saturated rings. The Morgan fingerprint density at radius 2 is 2.46 bits per heavy atom. The summed E-state index contributed by atoms with van der Waals surface area (Å²) in [5.41, 5.74) is 5.50. The van der Waals surface area contributed by atoms with E-state index in [2.05, 4.69) is 4.74 Å². The molecule has 1 aliphatic heterocycles. The highest BCUT2D eigenvalue weighted by atomic mass is 16.5. The van der Waals surface area contributed by atoms with E-state index in [1.165, 1.54) is 7.11 Å². The lowest BCUT2D eigenvalue weighted by Gasteiger charge is -2.14. The Bertz CT molecular complexity index is 217. The van der Waals surface area contributed by atoms with E-state index in [1.54, 1.807) is 4.90 Å². The van der Waals surface area contributed by atoms with Gasteiger partial charge in [0.25, 0.3) is 0 Å². The van der Waals surface area contributed by atoms with Crippen molar-refractivity contribution >= 4 is 11.9 Å². The highest BCUT2D eigenvalue weighted by Crippen LogP contribution is 2.09. The highest BCUT2D eigenvalue weighted by Gasteiger charge is 2.28. The maximum Gasteiger partial charge on any atom is 0.307 e. The van der Waals surface area contributed by atoms with Gasteiger partial charge >= 0.3 is 5.97 Å². The molecule has 5 heteroatoms. The van der Waals surface area contributed by atoms with Crippen LogP contribution in [0.2, 0.25) is 0 Å². The van der Waals surface area contributed by atoms with Crippen molar-refractivity contribution in [3.05, 3.63) is 0 Å². The Balaban J connectivity index is 2.30. The predicted molar refractivity (Wildman–Crippen MR) is 45.8 cm³/mol. The third kappa shape index (κ3) is 2.42. The summed E-state index contributed by atoms with van der Waals surface area (Å²) >= 11 is 0. The van der Waals surface area contributed by atoms with Gasteiger partial charge in [-0.25, -0.2) is 0 Å². The second kappa shape index (κ2) is 4.23. The first-order valence-electron chi connectivity index (χ1n) is 4.26. The molecule has 0 bridgehead atoms. The van der Waals surface area contributed by atoms with Gasteiger partial charge in [-0.3, -0.25) is 9.59 Å². The van der Waals surface area contributed by atoms with Crippen molar-refractivity contribution in [3.8, 4) is 0 Å². The van der Waals surface area contributed by atoms with Crippen LogP contribution < -0.4 is 5.73 Å². The number of hydrogen-bond acceptors (Lipinski definition) is 4. The van der Waals surface area contributed by atoms with Gasteiger partial charge in [-0.2, -0.15) is 0 Å². The largest absolute Gasteiger partial charge is 0.469 e. The number of amides is 1. The van der Waals surface area contributed by atoms with Crippen LogP contribution in [0, 0.1) is 0 Å². The summed E-state index contributed by atoms with van der Waals surface area (Å²) in [5.74, 6) is -0.364. The predicted octanol–water partition coefficient (Wildman–Crippen LogP) is -0.891. The lowest BCUT2D eigenvalue weighted by molar-refractivity contribution is -0.141. The number of methoxy groups -OCH3 is 1. The molecule has 0 saturated carbocycles. The molecule has 1 amide bonds. The maximum absolute atomic E-state index is 11.3. The lowest BCUT2D eigenvalue weighted by atomic mass is 10.3. The van der Waals surface area contributed by atoms with Crippen LogP contribution in [0.15, 0.2) is 0 Å². The first-order valence-corrected chi connectivity index (χ1v) is 4.26. The van der Waals surface area contributed by atoms with Gasteiger partial charge in [0.1, 0.15) is 0 Å². The fourth-order valence-corrected chi connectivity index (χ4v) is 1.31. The average Bonchev–Trinajstić information content (AvgIpc) is 2.44. The fourth-order valence-electron chi connectivity index (χ4n) is 1.31. The van der Waals surface area contributed by atoms with Crippen LogP contribution in [0.5, 0.6) is 0 Å². The second-order valence-corrected chi connectivity index (χ2v) is 3.05. The summed E-state index contributed by atoms with van der Waals surface area (Å²) < 4.78 is 4.46. The first-order chi connectivity index (χ1) is 6.15. The lowest BCUT2D eigenvalue weighted by Crippen LogP contribution is -2.35. The molecule has 5 nitrogen and oxygen atoms in total. The first kappa shape index (κ1) is 9.98. The zero-order valence-corrected chi connectivity index (χ0v) is 7.66. The van der Waals surface area contributed by atoms with Gasteiger partial charge in [-0.05, 0) is 6.42 Å². The molecule has 1 rings (SSSR count). The van der Waals surface area contributed by atoms with Gasteiger partial charge in [0.15, 0.2) is 0 Å². The van der Waals surface area contributed by atoms with Crippen LogP contribution in [0.1, 0.15) is 12.8 Å². The number of nitrogens with zero attached hydrogens (tertiary/aromatic N) is 1. The molecule has 13 heavy (non-hydrogen) atoms. The number of carbonyl (C=O) groups is 2. The van der Waals surface area contributed by atoms with Crippen LogP contribution in [0.3, 0.4) is 0 Å². The molecule has 1 saturated heterocycles. The van der Waals surface area contributed by atoms with Gasteiger partial charge in [-0.1, -0.05) is 0 Å². The summed E-state index contributed by atoms with van der Waals surface area (Å²) in [6.45, 7) is 1.07. The number of nitrogens with two attached hydrogens (primary N) is 1. The van der Waals surface area contributed by atoms with E-state index in [1.807, 2.05) is 0 Å². The number of esters is 1. The Morgan fingerprint density at radius 3 is 2.92 bits per heavy atom. The summed E-state index contributed by atoms with van der Waals surface area (Å²) in [4.78, 5) is 23.6. The van der Waals surface area contributed by atoms with Gasteiger partial charge in [0.2, 0.25) is 5.91 Å². The standard InChI is InChI=1S/C8H14N2O3/c1-13-7(11)3-5-10-4-2-6(9)8(10)12/h6H,2-5,9H2,1H3/t6-/m0/s1. The molecule has 74 valence electrons. The van der Waals surface area contributed by atoms with E-state index >= 15 is 0 Å². The number of hydrogen-bond donors (Lipinski definition) is 1. The molecule has 0 spiro atoms. The van der Waals surface area contributed by atoms with E-state index in [0.717, 1.165) is 0 Å². The molecule has 0 unspecified atom stereocenters. The van der Waals surface area contributed by atoms with Gasteiger partial charge in [-0.15, -0.1) is 0 Å². The van der Waals surface area contributed by atoms with Crippen LogP contribution >= 0.6 is 0 Å². The van der Waals surface area contributed by atoms with E-state index < -0.39 is 0 Å². The summed E-state index contributed by atoms with van der Waals surface area (Å²) in [6.07, 6.45) is 0.926. The van der Waals surface area contributed by atoms with Crippen molar-refractivity contribution in [2.75, 3.05) is 20.2 Å². The highest BCUT2D eigenvalue weighted by molar-refractivity contribution is 5.84. The zero-order chi connectivity index (χ0) is 9.84. The zero-order valence-electron chi connectivity index (χ0n) is 7.66. The molecule has 0 aromatic heterocycles. The summed E-state index contributed by atoms with van der Waals surface area (Å²) in [7, 11) is 1.33. The Labute approximate surface area is 76.8 Å². The van der Waals surface area contributed by atoms with Gasteiger partial charge < -0.3 is 15.4 Å². The quantitative estimate of drug-likeness (QED) is 0.580. The smallest absolute Gasteiger partial charge is 0.307 e. The van der Waals surface area contributed by atoms with Gasteiger partial charge in [0, 0.05) is 13.1 Å². The molecule has 0 radical (unpaired) electrons. The molecule has 1 heterocycles. The Morgan fingerprint density at radius 1 is 1.77 bits per heavy atom. The minimum atomic E-state index is -0.377. The Kier molecular flexibility index (Phi) is 3.25. The Hall–Kier alpha value is -1.10. The molecule has 0 aromatic rings. The topological polar surface area (TPSA) is 72.6 Å². The molecule has 1 aliphatic rings. The van der Waals surface area contributed by atoms with Crippen LogP contribution in [-0.4, -0.2) is 43.0 Å². The SMILES string of the molecule is COC(=O)CCN1CC[C@H](N)C1=O. The van der Waals surface area contributed by atoms with E-state index in [9.17, 15) is 9.59 Å². The van der Waals surface area contributed by atoms with Crippen molar-refractivity contribution in [1.29, 1.82) is 0 Å². The van der Waals surface area contributed by atoms with Gasteiger partial charge in [0.05, 0.1) is 19.6 Å². The van der Waals surface area contributed by atoms with Crippen LogP contribution in [0.4, 0.5) is 0 Å². The molecule has 0 aliphatic carbocycles. The second-order valence-electron chi connectivity index (χ2n) is 3.05. The minimum Gasteiger partial charge on any atom is -0.469 e. The molecule has 0 aromatic carbocycles. The van der Waals surface area contributed by atoms with Crippen LogP contribution in [-0.2, 0) is 14.3 Å². The summed E-state index contributed by atoms with van der Waals surface area (Å²) in [5, 5.41) is 0. The monoisotopic (exact) mass is 186 g/mol. The van der Waals surface area contributed by atoms with Crippen molar-refractivity contribution < 1.29 is 14.3 Å². The summed E-state index contributed by atoms with van der Waals surface area (Å²) in [6, 6.07) is -0.377. The van der Waals surface area contributed by atoms with Crippen molar-refractivity contribution in [2.45, 2.75) is 18.9 Å². The van der Waals surface area contributed by atoms with E-state index in [4.69, 9.17) is 5.73 Å². The maximum atomic E-state index is 11.3. The fraction of sp³-hybridized carbons (Fsp3) is 0.750. The molecular formula is C8H14N2O3. The van der Waals surface area contributed by atoms with Crippen LogP contribution in [0.25, 0.3) is 0 Å². The third-order valence-corrected chi connectivity index (χ3v) is 2.15. The average molecular weight is 186 g/mol. The molecule has 1 atom stereocenters. The number of carbonyl (C=O) groups excluding carboxylic acids is 2. The number of ether oxygens (including phenoxy) is 1. The number of rotatable bonds is 3.